The van der Waals surface area contributed by atoms with Crippen molar-refractivity contribution >= 4 is 28.4 Å². The first-order valence-electron chi connectivity index (χ1n) is 13.3. The van der Waals surface area contributed by atoms with Crippen LogP contribution in [0.2, 0.25) is 0 Å². The van der Waals surface area contributed by atoms with Crippen molar-refractivity contribution in [1.29, 1.82) is 0 Å². The Labute approximate surface area is 236 Å². The molecule has 2 N–H and O–H groups in total. The molecule has 0 spiro atoms. The lowest BCUT2D eigenvalue weighted by atomic mass is 10.0. The van der Waals surface area contributed by atoms with Gasteiger partial charge in [-0.1, -0.05) is 26.5 Å². The Bertz CT molecular complexity index is 1730. The van der Waals surface area contributed by atoms with E-state index in [1.165, 1.54) is 34.9 Å². The standard InChI is InChI=1S/C30H31F2N7O2/c1-6-23(40)37-12-13-38(18(5)15-37)28-19-14-21(32)26(24-20(31)8-7-9-22(24)33)35-29(19)39(30(41)36-28)27-17(4)10-11-34-25(27)16(2)3/h6-11,14,16,18H,1,12-13,15,33H2,2-5H3. The van der Waals surface area contributed by atoms with Gasteiger partial charge < -0.3 is 15.5 Å². The molecule has 5 rings (SSSR count). The number of carbonyl (C=O) groups is 1. The predicted octanol–water partition coefficient (Wildman–Crippen LogP) is 4.36. The molecule has 1 aliphatic heterocycles. The number of hydrogen-bond acceptors (Lipinski definition) is 7. The Kier molecular flexibility index (Phi) is 7.29. The van der Waals surface area contributed by atoms with Gasteiger partial charge in [-0.3, -0.25) is 9.78 Å². The third-order valence-electron chi connectivity index (χ3n) is 7.39. The highest BCUT2D eigenvalue weighted by Crippen LogP contribution is 2.35. The Hall–Kier alpha value is -4.67. The van der Waals surface area contributed by atoms with Crippen LogP contribution in [-0.2, 0) is 4.79 Å². The highest BCUT2D eigenvalue weighted by atomic mass is 19.1. The number of nitrogens with two attached hydrogens (primary N) is 1. The molecule has 3 aromatic heterocycles. The number of rotatable bonds is 5. The molecule has 212 valence electrons. The molecule has 1 atom stereocenters. The minimum absolute atomic E-state index is 0.0102. The fourth-order valence-electron chi connectivity index (χ4n) is 5.38. The molecule has 1 unspecified atom stereocenters. The highest BCUT2D eigenvalue weighted by molar-refractivity contribution is 5.92. The number of piperazine rings is 1. The van der Waals surface area contributed by atoms with E-state index in [-0.39, 0.29) is 51.7 Å². The Balaban J connectivity index is 1.83. The van der Waals surface area contributed by atoms with Gasteiger partial charge >= 0.3 is 5.69 Å². The third kappa shape index (κ3) is 4.81. The second-order valence-corrected chi connectivity index (χ2v) is 10.5. The quantitative estimate of drug-likeness (QED) is 0.286. The molecule has 0 radical (unpaired) electrons. The van der Waals surface area contributed by atoms with Gasteiger partial charge in [0.2, 0.25) is 5.91 Å². The highest BCUT2D eigenvalue weighted by Gasteiger charge is 2.31. The van der Waals surface area contributed by atoms with Crippen molar-refractivity contribution in [3.63, 3.8) is 0 Å². The van der Waals surface area contributed by atoms with Crippen LogP contribution in [0.4, 0.5) is 20.3 Å². The molecule has 4 aromatic rings. The van der Waals surface area contributed by atoms with Gasteiger partial charge in [-0.15, -0.1) is 0 Å². The van der Waals surface area contributed by atoms with Crippen LogP contribution in [0.5, 0.6) is 0 Å². The van der Waals surface area contributed by atoms with Gasteiger partial charge in [0.1, 0.15) is 17.3 Å². The third-order valence-corrected chi connectivity index (χ3v) is 7.39. The van der Waals surface area contributed by atoms with Gasteiger partial charge in [-0.2, -0.15) is 4.98 Å². The molecule has 1 amide bonds. The number of benzene rings is 1. The average molecular weight is 560 g/mol. The lowest BCUT2D eigenvalue weighted by Crippen LogP contribution is -2.54. The Morgan fingerprint density at radius 3 is 2.59 bits per heavy atom. The van der Waals surface area contributed by atoms with E-state index in [4.69, 9.17) is 5.73 Å². The van der Waals surface area contributed by atoms with Gasteiger partial charge in [0.25, 0.3) is 0 Å². The van der Waals surface area contributed by atoms with Crippen molar-refractivity contribution < 1.29 is 13.6 Å². The topological polar surface area (TPSA) is 110 Å². The summed E-state index contributed by atoms with van der Waals surface area (Å²) in [6.07, 6.45) is 2.92. The first-order valence-corrected chi connectivity index (χ1v) is 13.3. The molecule has 0 saturated carbocycles. The van der Waals surface area contributed by atoms with E-state index in [1.54, 1.807) is 17.2 Å². The summed E-state index contributed by atoms with van der Waals surface area (Å²) in [6, 6.07) is 6.80. The van der Waals surface area contributed by atoms with Crippen LogP contribution in [-0.4, -0.2) is 56.0 Å². The predicted molar refractivity (Wildman–Crippen MR) is 155 cm³/mol. The Morgan fingerprint density at radius 2 is 1.93 bits per heavy atom. The van der Waals surface area contributed by atoms with Crippen LogP contribution in [0.1, 0.15) is 37.9 Å². The van der Waals surface area contributed by atoms with Crippen molar-refractivity contribution in [3.05, 3.63) is 82.6 Å². The number of amides is 1. The normalized spacial score (nSPS) is 15.5. The molecule has 4 heterocycles. The number of pyridine rings is 2. The number of carbonyl (C=O) groups excluding carboxylic acids is 1. The van der Waals surface area contributed by atoms with E-state index >= 15 is 4.39 Å². The monoisotopic (exact) mass is 559 g/mol. The molecule has 0 bridgehead atoms. The molecule has 1 fully saturated rings. The minimum Gasteiger partial charge on any atom is -0.398 e. The van der Waals surface area contributed by atoms with E-state index in [0.29, 0.717) is 31.0 Å². The second-order valence-electron chi connectivity index (χ2n) is 10.5. The molecular formula is C30H31F2N7O2. The Morgan fingerprint density at radius 1 is 1.17 bits per heavy atom. The minimum atomic E-state index is -0.817. The number of nitrogen functional groups attached to an aromatic ring is 1. The molecule has 1 aromatic carbocycles. The van der Waals surface area contributed by atoms with Crippen LogP contribution in [0.3, 0.4) is 0 Å². The van der Waals surface area contributed by atoms with E-state index in [2.05, 4.69) is 21.5 Å². The summed E-state index contributed by atoms with van der Waals surface area (Å²) < 4.78 is 32.1. The second kappa shape index (κ2) is 10.7. The lowest BCUT2D eigenvalue weighted by molar-refractivity contribution is -0.126. The number of aryl methyl sites for hydroxylation is 1. The molecular weight excluding hydrogens is 528 g/mol. The summed E-state index contributed by atoms with van der Waals surface area (Å²) in [5.41, 5.74) is 6.86. The van der Waals surface area contributed by atoms with Crippen LogP contribution in [0.25, 0.3) is 28.0 Å². The summed E-state index contributed by atoms with van der Waals surface area (Å²) >= 11 is 0. The average Bonchev–Trinajstić information content (AvgIpc) is 2.93. The summed E-state index contributed by atoms with van der Waals surface area (Å²) in [6.45, 7) is 12.3. The van der Waals surface area contributed by atoms with E-state index in [0.717, 1.165) is 5.56 Å². The fraction of sp³-hybridized carbons (Fsp3) is 0.300. The van der Waals surface area contributed by atoms with Gasteiger partial charge in [-0.05, 0) is 55.7 Å². The molecule has 9 nitrogen and oxygen atoms in total. The van der Waals surface area contributed by atoms with Gasteiger partial charge in [-0.25, -0.2) is 23.1 Å². The first-order chi connectivity index (χ1) is 19.5. The largest absolute Gasteiger partial charge is 0.398 e. The van der Waals surface area contributed by atoms with Crippen molar-refractivity contribution in [2.24, 2.45) is 0 Å². The molecule has 1 aliphatic rings. The number of hydrogen-bond donors (Lipinski definition) is 1. The number of halogens is 2. The van der Waals surface area contributed by atoms with E-state index in [1.807, 2.05) is 32.6 Å². The van der Waals surface area contributed by atoms with Gasteiger partial charge in [0.15, 0.2) is 11.5 Å². The van der Waals surface area contributed by atoms with E-state index in [9.17, 15) is 14.0 Å². The van der Waals surface area contributed by atoms with Crippen LogP contribution < -0.4 is 16.3 Å². The molecule has 41 heavy (non-hydrogen) atoms. The zero-order valence-corrected chi connectivity index (χ0v) is 23.4. The zero-order valence-electron chi connectivity index (χ0n) is 23.4. The zero-order chi connectivity index (χ0) is 29.6. The van der Waals surface area contributed by atoms with Crippen LogP contribution in [0, 0.1) is 18.6 Å². The maximum Gasteiger partial charge on any atom is 0.355 e. The van der Waals surface area contributed by atoms with Gasteiger partial charge in [0.05, 0.1) is 22.3 Å². The summed E-state index contributed by atoms with van der Waals surface area (Å²) in [4.78, 5) is 43.2. The summed E-state index contributed by atoms with van der Waals surface area (Å²) in [5, 5.41) is 0.258. The maximum atomic E-state index is 15.9. The first kappa shape index (κ1) is 27.9. The summed E-state index contributed by atoms with van der Waals surface area (Å²) in [5.74, 6) is -1.59. The lowest BCUT2D eigenvalue weighted by Gasteiger charge is -2.40. The molecule has 11 heteroatoms. The number of anilines is 2. The summed E-state index contributed by atoms with van der Waals surface area (Å²) in [7, 11) is 0. The SMILES string of the molecule is C=CC(=O)N1CCN(c2nc(=O)n(-c3c(C)ccnc3C(C)C)c3nc(-c4c(N)cccc4F)c(F)cc23)C(C)C1. The fourth-order valence-corrected chi connectivity index (χ4v) is 5.38. The number of nitrogens with zero attached hydrogens (tertiary/aromatic N) is 6. The molecule has 0 aliphatic carbocycles. The number of aromatic nitrogens is 4. The maximum absolute atomic E-state index is 15.9. The number of fused-ring (bicyclic) bond motifs is 1. The van der Waals surface area contributed by atoms with Crippen LogP contribution in [0.15, 0.2) is 54.0 Å². The van der Waals surface area contributed by atoms with Crippen molar-refractivity contribution in [2.75, 3.05) is 30.3 Å². The van der Waals surface area contributed by atoms with Crippen LogP contribution >= 0.6 is 0 Å². The van der Waals surface area contributed by atoms with Crippen molar-refractivity contribution in [2.45, 2.75) is 39.7 Å². The van der Waals surface area contributed by atoms with Crippen molar-refractivity contribution in [1.82, 2.24) is 24.4 Å². The van der Waals surface area contributed by atoms with E-state index < -0.39 is 17.3 Å². The van der Waals surface area contributed by atoms with Crippen molar-refractivity contribution in [3.8, 4) is 16.9 Å². The smallest absolute Gasteiger partial charge is 0.355 e. The molecule has 1 saturated heterocycles. The van der Waals surface area contributed by atoms with Gasteiger partial charge in [0, 0.05) is 37.6 Å².